The Hall–Kier alpha value is -2.52. The molecular formula is C19H25N5O3S. The molecule has 8 nitrogen and oxygen atoms in total. The Labute approximate surface area is 165 Å². The molecule has 3 rings (SSSR count). The third-order valence-electron chi connectivity index (χ3n) is 4.85. The van der Waals surface area contributed by atoms with Crippen LogP contribution in [0.25, 0.3) is 0 Å². The van der Waals surface area contributed by atoms with Gasteiger partial charge in [-0.15, -0.1) is 10.2 Å². The molecule has 0 aliphatic carbocycles. The van der Waals surface area contributed by atoms with Crippen LogP contribution in [0.5, 0.6) is 0 Å². The van der Waals surface area contributed by atoms with Crippen molar-refractivity contribution in [2.24, 2.45) is 5.92 Å². The van der Waals surface area contributed by atoms with Crippen molar-refractivity contribution in [3.8, 4) is 0 Å². The quantitative estimate of drug-likeness (QED) is 0.783. The van der Waals surface area contributed by atoms with E-state index in [4.69, 9.17) is 0 Å². The van der Waals surface area contributed by atoms with Gasteiger partial charge in [-0.3, -0.25) is 4.79 Å². The lowest BCUT2D eigenvalue weighted by atomic mass is 9.98. The molecule has 0 unspecified atom stereocenters. The minimum Gasteiger partial charge on any atom is -0.361 e. The van der Waals surface area contributed by atoms with Crippen molar-refractivity contribution in [3.63, 3.8) is 0 Å². The molecule has 28 heavy (non-hydrogen) atoms. The average Bonchev–Trinajstić information content (AvgIpc) is 2.73. The van der Waals surface area contributed by atoms with Gasteiger partial charge in [0.05, 0.1) is 4.90 Å². The summed E-state index contributed by atoms with van der Waals surface area (Å²) in [6.45, 7) is 1.40. The van der Waals surface area contributed by atoms with Crippen LogP contribution in [0.3, 0.4) is 0 Å². The minimum absolute atomic E-state index is 0.236. The highest BCUT2D eigenvalue weighted by molar-refractivity contribution is 7.89. The molecule has 2 aromatic rings. The number of carbonyl (C=O) groups excluding carboxylic acids is 1. The van der Waals surface area contributed by atoms with Crippen LogP contribution in [0.1, 0.15) is 23.3 Å². The predicted molar refractivity (Wildman–Crippen MR) is 107 cm³/mol. The van der Waals surface area contributed by atoms with E-state index >= 15 is 0 Å². The van der Waals surface area contributed by atoms with Gasteiger partial charge in [0.15, 0.2) is 11.5 Å². The van der Waals surface area contributed by atoms with E-state index < -0.39 is 10.0 Å². The monoisotopic (exact) mass is 403 g/mol. The number of nitrogens with one attached hydrogen (secondary N) is 1. The van der Waals surface area contributed by atoms with E-state index in [2.05, 4.69) is 15.5 Å². The van der Waals surface area contributed by atoms with Crippen LogP contribution < -0.4 is 10.2 Å². The summed E-state index contributed by atoms with van der Waals surface area (Å²) in [4.78, 5) is 14.4. The van der Waals surface area contributed by atoms with Crippen LogP contribution >= 0.6 is 0 Å². The van der Waals surface area contributed by atoms with Gasteiger partial charge < -0.3 is 10.2 Å². The summed E-state index contributed by atoms with van der Waals surface area (Å²) < 4.78 is 26.8. The molecule has 1 aliphatic heterocycles. The van der Waals surface area contributed by atoms with Crippen molar-refractivity contribution in [3.05, 3.63) is 48.2 Å². The van der Waals surface area contributed by atoms with E-state index in [9.17, 15) is 13.2 Å². The zero-order valence-corrected chi connectivity index (χ0v) is 16.9. The van der Waals surface area contributed by atoms with Crippen LogP contribution in [-0.2, 0) is 10.0 Å². The second-order valence-corrected chi connectivity index (χ2v) is 8.98. The molecule has 1 N–H and O–H groups in total. The maximum absolute atomic E-state index is 12.7. The van der Waals surface area contributed by atoms with E-state index in [1.165, 1.54) is 4.31 Å². The predicted octanol–water partition coefficient (Wildman–Crippen LogP) is 1.37. The summed E-state index contributed by atoms with van der Waals surface area (Å²) in [5.74, 6) is 0.654. The van der Waals surface area contributed by atoms with E-state index in [0.29, 0.717) is 43.2 Å². The summed E-state index contributed by atoms with van der Waals surface area (Å²) in [5.41, 5.74) is 0.273. The zero-order valence-electron chi connectivity index (χ0n) is 16.1. The second kappa shape index (κ2) is 8.66. The van der Waals surface area contributed by atoms with Gasteiger partial charge in [0.2, 0.25) is 10.0 Å². The van der Waals surface area contributed by atoms with Gasteiger partial charge >= 0.3 is 0 Å². The molecule has 9 heteroatoms. The second-order valence-electron chi connectivity index (χ2n) is 7.04. The number of anilines is 1. The van der Waals surface area contributed by atoms with E-state index in [0.717, 1.165) is 0 Å². The first-order valence-electron chi connectivity index (χ1n) is 9.22. The normalized spacial score (nSPS) is 15.9. The van der Waals surface area contributed by atoms with Gasteiger partial charge in [-0.05, 0) is 43.0 Å². The molecule has 1 aromatic carbocycles. The molecule has 1 fully saturated rings. The number of sulfonamides is 1. The fraction of sp³-hybridized carbons (Fsp3) is 0.421. The number of hydrogen-bond donors (Lipinski definition) is 1. The molecule has 0 bridgehead atoms. The third kappa shape index (κ3) is 4.66. The Morgan fingerprint density at radius 2 is 1.79 bits per heavy atom. The van der Waals surface area contributed by atoms with Gasteiger partial charge in [0.25, 0.3) is 5.91 Å². The molecule has 0 spiro atoms. The molecule has 1 aliphatic rings. The maximum Gasteiger partial charge on any atom is 0.271 e. The Morgan fingerprint density at radius 1 is 1.11 bits per heavy atom. The zero-order chi connectivity index (χ0) is 20.1. The molecule has 2 heterocycles. The fourth-order valence-corrected chi connectivity index (χ4v) is 4.60. The largest absolute Gasteiger partial charge is 0.361 e. The first kappa shape index (κ1) is 20.2. The smallest absolute Gasteiger partial charge is 0.271 e. The van der Waals surface area contributed by atoms with Crippen LogP contribution in [-0.4, -0.2) is 62.6 Å². The topological polar surface area (TPSA) is 95.5 Å². The van der Waals surface area contributed by atoms with Crippen LogP contribution in [0.4, 0.5) is 5.82 Å². The number of aromatic nitrogens is 2. The Balaban J connectivity index is 1.50. The Kier molecular flexibility index (Phi) is 6.25. The highest BCUT2D eigenvalue weighted by Gasteiger charge is 2.29. The van der Waals surface area contributed by atoms with Crippen LogP contribution in [0.15, 0.2) is 47.4 Å². The van der Waals surface area contributed by atoms with Crippen molar-refractivity contribution < 1.29 is 13.2 Å². The van der Waals surface area contributed by atoms with Crippen LogP contribution in [0, 0.1) is 5.92 Å². The number of piperidine rings is 1. The molecule has 1 aromatic heterocycles. The van der Waals surface area contributed by atoms with Crippen molar-refractivity contribution >= 4 is 21.7 Å². The van der Waals surface area contributed by atoms with Crippen molar-refractivity contribution in [2.45, 2.75) is 17.7 Å². The van der Waals surface area contributed by atoms with Gasteiger partial charge in [-0.1, -0.05) is 18.2 Å². The number of amides is 1. The fourth-order valence-electron chi connectivity index (χ4n) is 3.11. The number of nitrogens with zero attached hydrogens (tertiary/aromatic N) is 4. The summed E-state index contributed by atoms with van der Waals surface area (Å²) in [6, 6.07) is 11.9. The van der Waals surface area contributed by atoms with Crippen molar-refractivity contribution in [1.29, 1.82) is 0 Å². The maximum atomic E-state index is 12.7. The molecule has 0 radical (unpaired) electrons. The van der Waals surface area contributed by atoms with Crippen molar-refractivity contribution in [2.75, 3.05) is 38.6 Å². The highest BCUT2D eigenvalue weighted by atomic mass is 32.2. The van der Waals surface area contributed by atoms with E-state index in [-0.39, 0.29) is 17.5 Å². The lowest BCUT2D eigenvalue weighted by Crippen LogP contribution is -2.41. The number of hydrogen-bond acceptors (Lipinski definition) is 6. The van der Waals surface area contributed by atoms with Crippen molar-refractivity contribution in [1.82, 2.24) is 19.8 Å². The Bertz CT molecular complexity index is 893. The van der Waals surface area contributed by atoms with Gasteiger partial charge in [0, 0.05) is 33.7 Å². The van der Waals surface area contributed by atoms with Crippen LogP contribution in [0.2, 0.25) is 0 Å². The summed E-state index contributed by atoms with van der Waals surface area (Å²) in [6.07, 6.45) is 1.41. The minimum atomic E-state index is -3.45. The van der Waals surface area contributed by atoms with Gasteiger partial charge in [-0.25, -0.2) is 8.42 Å². The Morgan fingerprint density at radius 3 is 2.36 bits per heavy atom. The van der Waals surface area contributed by atoms with Gasteiger partial charge in [0.1, 0.15) is 0 Å². The first-order valence-corrected chi connectivity index (χ1v) is 10.7. The summed E-state index contributed by atoms with van der Waals surface area (Å²) >= 11 is 0. The SMILES string of the molecule is CN(C)c1ccc(C(=O)NCC2CCN(S(=O)(=O)c3ccccc3)CC2)nn1. The standard InChI is InChI=1S/C19H25N5O3S/c1-23(2)18-9-8-17(21-22-18)19(25)20-14-15-10-12-24(13-11-15)28(26,27)16-6-4-3-5-7-16/h3-9,15H,10-14H2,1-2H3,(H,20,25). The van der Waals surface area contributed by atoms with Gasteiger partial charge in [-0.2, -0.15) is 4.31 Å². The molecule has 1 saturated heterocycles. The molecule has 1 amide bonds. The average molecular weight is 404 g/mol. The number of benzene rings is 1. The lowest BCUT2D eigenvalue weighted by molar-refractivity contribution is 0.0935. The molecular weight excluding hydrogens is 378 g/mol. The van der Waals surface area contributed by atoms with E-state index in [1.807, 2.05) is 19.0 Å². The molecule has 150 valence electrons. The van der Waals surface area contributed by atoms with E-state index in [1.54, 1.807) is 42.5 Å². The molecule has 0 atom stereocenters. The number of rotatable bonds is 6. The first-order chi connectivity index (χ1) is 13.4. The number of carbonyl (C=O) groups is 1. The molecule has 0 saturated carbocycles. The highest BCUT2D eigenvalue weighted by Crippen LogP contribution is 2.23. The lowest BCUT2D eigenvalue weighted by Gasteiger charge is -2.31. The summed E-state index contributed by atoms with van der Waals surface area (Å²) in [5, 5.41) is 10.8. The third-order valence-corrected chi connectivity index (χ3v) is 6.76. The summed E-state index contributed by atoms with van der Waals surface area (Å²) in [7, 11) is 0.263.